The molecule has 0 rings (SSSR count). The SMILES string of the molecule is C.C=C=C=C=C=C=C=C=C=C=C=C=C=C=C=C=C=C=C=C=C=C=C=C=C=C=C=C=C=C=C=C=C=C=C=C(N=C=O)N=C=O.C=C=C=C=C=C=C=C=C=C=C=C=C=C=C=C=C=C=C=C=C=C=C=C=C=C=C=C=C=C=C=C=C=C=C=C(NC(=O)OCCCCCCOC=C)NC(=O)OCCCCCCOC=C.C=COCCCCCCO. The number of aliphatic hydroxyl groups excluding tert-OH is 1. The fourth-order valence-electron chi connectivity index (χ4n) is 5.19. The van der Waals surface area contributed by atoms with Crippen LogP contribution in [-0.4, -0.2) is 69.1 Å². The van der Waals surface area contributed by atoms with E-state index in [9.17, 15) is 19.2 Å². The zero-order valence-electron chi connectivity index (χ0n) is 61.0. The average Bonchev–Trinajstić information content (AvgIpc) is 0.945. The van der Waals surface area contributed by atoms with Gasteiger partial charge in [0.2, 0.25) is 18.0 Å². The maximum Gasteiger partial charge on any atom is 0.413 e. The number of carbonyl (C=O) groups excluding carboxylic acids is 4. The Kier molecular flexibility index (Phi) is 85.4. The van der Waals surface area contributed by atoms with E-state index in [2.05, 4.69) is 443 Å². The molecule has 0 spiro atoms. The van der Waals surface area contributed by atoms with Crippen molar-refractivity contribution in [1.29, 1.82) is 0 Å². The molecule has 540 valence electrons. The van der Waals surface area contributed by atoms with E-state index in [4.69, 9.17) is 28.8 Å². The number of ether oxygens (including phenoxy) is 5. The molecule has 115 heavy (non-hydrogen) atoms. The molecule has 14 nitrogen and oxygen atoms in total. The van der Waals surface area contributed by atoms with Gasteiger partial charge in [-0.1, -0.05) is 45.0 Å². The predicted octanol–water partition coefficient (Wildman–Crippen LogP) is 17.4. The smallest absolute Gasteiger partial charge is 0.413 e. The van der Waals surface area contributed by atoms with Crippen LogP contribution in [0.2, 0.25) is 0 Å². The van der Waals surface area contributed by atoms with Gasteiger partial charge in [0, 0.05) is 190 Å². The number of aliphatic imine (C=N–C) groups is 2. The summed E-state index contributed by atoms with van der Waals surface area (Å²) < 4.78 is 25.4. The molecule has 0 aliphatic heterocycles. The molecular formula is C101H56N4O10. The minimum absolute atomic E-state index is 0. The maximum absolute atomic E-state index is 12.3. The van der Waals surface area contributed by atoms with Crippen LogP contribution < -0.4 is 10.6 Å². The highest BCUT2D eigenvalue weighted by Crippen LogP contribution is 2.03. The van der Waals surface area contributed by atoms with Crippen LogP contribution in [0.15, 0.2) is 463 Å². The predicted molar refractivity (Wildman–Crippen MR) is 420 cm³/mol. The van der Waals surface area contributed by atoms with Gasteiger partial charge in [0.1, 0.15) is 0 Å². The van der Waals surface area contributed by atoms with Gasteiger partial charge in [-0.2, -0.15) is 0 Å². The van der Waals surface area contributed by atoms with E-state index in [1.165, 1.54) is 30.9 Å². The first-order chi connectivity index (χ1) is 56.4. The van der Waals surface area contributed by atoms with Crippen molar-refractivity contribution < 1.29 is 48.0 Å². The van der Waals surface area contributed by atoms with E-state index in [0.29, 0.717) is 32.7 Å². The Balaban J connectivity index is -0.000000998. The summed E-state index contributed by atoms with van der Waals surface area (Å²) in [7, 11) is 0. The van der Waals surface area contributed by atoms with Crippen molar-refractivity contribution >= 4 is 24.3 Å². The summed E-state index contributed by atoms with van der Waals surface area (Å²) in [5.41, 5.74) is 168. The van der Waals surface area contributed by atoms with Gasteiger partial charge < -0.3 is 28.8 Å². The third-order valence-corrected chi connectivity index (χ3v) is 9.47. The Morgan fingerprint density at radius 2 is 0.452 bits per heavy atom. The second kappa shape index (κ2) is 96.5. The lowest BCUT2D eigenvalue weighted by molar-refractivity contribution is 0.140. The van der Waals surface area contributed by atoms with Crippen molar-refractivity contribution in [2.45, 2.75) is 84.5 Å². The molecule has 0 aromatic rings. The zero-order valence-corrected chi connectivity index (χ0v) is 61.0. The maximum atomic E-state index is 12.3. The van der Waals surface area contributed by atoms with Gasteiger partial charge >= 0.3 is 12.2 Å². The second-order valence-corrected chi connectivity index (χ2v) is 17.3. The molecule has 14 heteroatoms. The van der Waals surface area contributed by atoms with Gasteiger partial charge in [0.05, 0.1) is 51.8 Å². The lowest BCUT2D eigenvalue weighted by Crippen LogP contribution is -2.35. The fourth-order valence-corrected chi connectivity index (χ4v) is 5.19. The number of hydrogen-bond donors (Lipinski definition) is 3. The molecule has 0 aromatic heterocycles. The van der Waals surface area contributed by atoms with E-state index < -0.39 is 12.2 Å². The van der Waals surface area contributed by atoms with Crippen molar-refractivity contribution in [3.63, 3.8) is 0 Å². The van der Waals surface area contributed by atoms with Crippen LogP contribution in [-0.2, 0) is 33.3 Å². The molecule has 0 unspecified atom stereocenters. The number of rotatable bonds is 27. The van der Waals surface area contributed by atoms with E-state index in [1.54, 1.807) is 0 Å². The van der Waals surface area contributed by atoms with Crippen LogP contribution >= 0.6 is 0 Å². The van der Waals surface area contributed by atoms with Gasteiger partial charge in [0.15, 0.2) is 5.82 Å². The minimum Gasteiger partial charge on any atom is -0.502 e. The number of hydrogen-bond acceptors (Lipinski definition) is 12. The zero-order chi connectivity index (χ0) is 83.0. The van der Waals surface area contributed by atoms with Gasteiger partial charge in [0.25, 0.3) is 0 Å². The number of nitrogens with one attached hydrogen (secondary N) is 2. The molecule has 0 atom stereocenters. The molecule has 0 aliphatic rings. The summed E-state index contributed by atoms with van der Waals surface area (Å²) >= 11 is 0. The van der Waals surface area contributed by atoms with Gasteiger partial charge in [-0.3, -0.25) is 10.6 Å². The fraction of sp³-hybridized carbons (Fsp3) is 0.188. The highest BCUT2D eigenvalue weighted by molar-refractivity contribution is 5.74. The van der Waals surface area contributed by atoms with E-state index >= 15 is 0 Å². The summed E-state index contributed by atoms with van der Waals surface area (Å²) in [5, 5.41) is 13.2. The van der Waals surface area contributed by atoms with Crippen molar-refractivity contribution in [3.8, 4) is 0 Å². The van der Waals surface area contributed by atoms with Crippen molar-refractivity contribution in [3.05, 3.63) is 453 Å². The number of nitrogens with zero attached hydrogens (tertiary/aromatic N) is 2. The molecular weight excluding hydrogens is 1430 g/mol. The monoisotopic (exact) mass is 1480 g/mol. The largest absolute Gasteiger partial charge is 0.502 e. The third-order valence-electron chi connectivity index (χ3n) is 9.47. The molecule has 0 aromatic carbocycles. The van der Waals surface area contributed by atoms with E-state index in [1.807, 2.05) is 0 Å². The third kappa shape index (κ3) is 96.5. The topological polar surface area (TPSA) is 183 Å². The molecule has 0 heterocycles. The summed E-state index contributed by atoms with van der Waals surface area (Å²) in [6.45, 7) is 19.6. The van der Waals surface area contributed by atoms with E-state index in [0.717, 1.165) is 70.8 Å². The summed E-state index contributed by atoms with van der Waals surface area (Å²) in [4.78, 5) is 50.9. The van der Waals surface area contributed by atoms with E-state index in [-0.39, 0.29) is 32.3 Å². The molecule has 0 fully saturated rings. The number of aliphatic hydroxyl groups is 1. The highest BCUT2D eigenvalue weighted by Gasteiger charge is 2.10. The molecule has 0 saturated carbocycles. The molecule has 3 N–H and O–H groups in total. The Hall–Kier alpha value is -19.6. The summed E-state index contributed by atoms with van der Waals surface area (Å²) in [5.74, 6) is -0.536. The van der Waals surface area contributed by atoms with Crippen molar-refractivity contribution in [1.82, 2.24) is 10.6 Å². The van der Waals surface area contributed by atoms with Crippen molar-refractivity contribution in [2.75, 3.05) is 39.6 Å². The number of alkyl carbamates (subject to hydrolysis) is 2. The van der Waals surface area contributed by atoms with Crippen LogP contribution in [0.3, 0.4) is 0 Å². The highest BCUT2D eigenvalue weighted by atomic mass is 16.6. The number of isocyanates is 2. The molecule has 0 radical (unpaired) electrons. The van der Waals surface area contributed by atoms with Crippen LogP contribution in [0.25, 0.3) is 0 Å². The number of unbranched alkanes of at least 4 members (excludes halogenated alkanes) is 9. The summed E-state index contributed by atoms with van der Waals surface area (Å²) in [6.07, 6.45) is 15.8. The van der Waals surface area contributed by atoms with Gasteiger partial charge in [-0.15, -0.1) is 9.98 Å². The molecule has 0 bridgehead atoms. The first-order valence-corrected chi connectivity index (χ1v) is 32.0. The van der Waals surface area contributed by atoms with Crippen LogP contribution in [0.1, 0.15) is 84.5 Å². The molecule has 2 amide bonds. The van der Waals surface area contributed by atoms with Crippen LogP contribution in [0, 0.1) is 0 Å². The minimum atomic E-state index is -0.797. The normalized spacial score (nSPS) is 5.96. The number of amides is 2. The average molecular weight is 1490 g/mol. The molecule has 0 saturated heterocycles. The summed E-state index contributed by atoms with van der Waals surface area (Å²) in [6, 6.07) is 0. The Morgan fingerprint density at radius 1 is 0.270 bits per heavy atom. The standard InChI is InChI=1S/C54H34N2O6.C38H2N2O2.C8H16O2.CH4/c1-4-7-8-9-10-11-12-13-14-15-16-17-18-19-20-21-22-23-24-25-26-27-28-29-30-31-32-33-34-35-36-37-42-47-52(55-53(57)61-50-45-40-38-43-48-59-5-2)56-54(58)62-51-46-41-39-44-49-60-6-3;1-2-3-4-5-6-7-8-9-10-11-12-13-14-15-16-17-18-19-20-21-22-23-24-25-26-27-28-29-30-31-32-33-34-35-38(39-36-41)40-37-42;1-2-10-8-6-4-3-5-7-9;/h5-6H,1-3,38-41,43-46,48-51H2,(H,55,57)(H,56,58);1H2;2,9H,1,3-8H2;1H4. The Labute approximate surface area is 666 Å². The second-order valence-electron chi connectivity index (χ2n) is 17.3. The Morgan fingerprint density at radius 3 is 0.643 bits per heavy atom. The quantitative estimate of drug-likeness (QED) is 0.0235. The lowest BCUT2D eigenvalue weighted by atomic mass is 10.2. The van der Waals surface area contributed by atoms with Crippen molar-refractivity contribution in [2.24, 2.45) is 9.98 Å². The first kappa shape index (κ1) is 102. The number of carbonyl (C=O) groups is 2. The lowest BCUT2D eigenvalue weighted by Gasteiger charge is -2.10. The first-order valence-electron chi connectivity index (χ1n) is 32.0. The van der Waals surface area contributed by atoms with Crippen LogP contribution in [0.5, 0.6) is 0 Å². The van der Waals surface area contributed by atoms with Gasteiger partial charge in [-0.25, -0.2) is 19.2 Å². The molecule has 0 aliphatic carbocycles. The van der Waals surface area contributed by atoms with Crippen LogP contribution in [0.4, 0.5) is 9.59 Å². The Bertz CT molecular complexity index is 6630. The van der Waals surface area contributed by atoms with Gasteiger partial charge in [-0.05, 0) is 279 Å².